The molecule has 0 heterocycles. The molecule has 18 heavy (non-hydrogen) atoms. The summed E-state index contributed by atoms with van der Waals surface area (Å²) in [5.41, 5.74) is 5.65. The molecule has 0 aliphatic heterocycles. The first-order valence-electron chi connectivity index (χ1n) is 6.11. The maximum atomic E-state index is 5.72. The second kappa shape index (κ2) is 7.04. The van der Waals surface area contributed by atoms with Crippen LogP contribution in [0.15, 0.2) is 60.7 Å². The molecule has 0 aliphatic rings. The van der Waals surface area contributed by atoms with Crippen molar-refractivity contribution in [3.8, 4) is 0 Å². The van der Waals surface area contributed by atoms with Gasteiger partial charge >= 0.3 is 0 Å². The van der Waals surface area contributed by atoms with Gasteiger partial charge < -0.3 is 0 Å². The van der Waals surface area contributed by atoms with Gasteiger partial charge in [0.05, 0.1) is 11.4 Å². The minimum atomic E-state index is 0.671. The van der Waals surface area contributed by atoms with E-state index in [1.807, 2.05) is 36.4 Å². The third kappa shape index (κ3) is 3.49. The highest BCUT2D eigenvalue weighted by atomic mass is 35.5. The summed E-state index contributed by atoms with van der Waals surface area (Å²) in [5, 5.41) is 2.09. The van der Waals surface area contributed by atoms with E-state index in [4.69, 9.17) is 11.6 Å². The van der Waals surface area contributed by atoms with Gasteiger partial charge in [-0.3, -0.25) is 5.01 Å². The number of hydrogen-bond donors (Lipinski definition) is 1. The number of benzene rings is 2. The van der Waals surface area contributed by atoms with Crippen LogP contribution in [0.5, 0.6) is 0 Å². The van der Waals surface area contributed by atoms with Crippen molar-refractivity contribution in [2.24, 2.45) is 0 Å². The number of hydrogen-bond acceptors (Lipinski definition) is 2. The fraction of sp³-hybridized carbons (Fsp3) is 0.200. The fourth-order valence-corrected chi connectivity index (χ4v) is 1.88. The van der Waals surface area contributed by atoms with Crippen molar-refractivity contribution in [2.75, 3.05) is 17.4 Å². The van der Waals surface area contributed by atoms with Crippen LogP contribution >= 0.6 is 11.6 Å². The molecule has 0 fully saturated rings. The van der Waals surface area contributed by atoms with E-state index in [0.717, 1.165) is 24.3 Å². The van der Waals surface area contributed by atoms with Gasteiger partial charge in [0.25, 0.3) is 0 Å². The van der Waals surface area contributed by atoms with Crippen LogP contribution in [0.4, 0.5) is 11.4 Å². The topological polar surface area (TPSA) is 15.3 Å². The molecular formula is C15H17ClN2. The molecule has 0 atom stereocenters. The molecule has 0 bridgehead atoms. The molecule has 0 amide bonds. The summed E-state index contributed by atoms with van der Waals surface area (Å²) >= 11 is 5.72. The Morgan fingerprint density at radius 2 is 1.33 bits per heavy atom. The molecule has 0 aromatic heterocycles. The Balaban J connectivity index is 2.18. The summed E-state index contributed by atoms with van der Waals surface area (Å²) in [7, 11) is 0. The quantitative estimate of drug-likeness (QED) is 0.481. The monoisotopic (exact) mass is 260 g/mol. The van der Waals surface area contributed by atoms with Gasteiger partial charge in [0.2, 0.25) is 0 Å². The van der Waals surface area contributed by atoms with Gasteiger partial charge in [0.1, 0.15) is 0 Å². The van der Waals surface area contributed by atoms with Crippen molar-refractivity contribution in [3.63, 3.8) is 0 Å². The SMILES string of the molecule is ClCCCNN(c1ccccc1)c1ccccc1. The van der Waals surface area contributed by atoms with Crippen molar-refractivity contribution in [3.05, 3.63) is 60.7 Å². The number of rotatable bonds is 6. The van der Waals surface area contributed by atoms with Gasteiger partial charge in [0, 0.05) is 12.4 Å². The first-order chi connectivity index (χ1) is 8.92. The Kier molecular flexibility index (Phi) is 5.06. The third-order valence-electron chi connectivity index (χ3n) is 2.61. The summed E-state index contributed by atoms with van der Waals surface area (Å²) < 4.78 is 0. The zero-order chi connectivity index (χ0) is 12.6. The Morgan fingerprint density at radius 3 is 1.78 bits per heavy atom. The minimum Gasteiger partial charge on any atom is -0.277 e. The van der Waals surface area contributed by atoms with Gasteiger partial charge in [-0.1, -0.05) is 36.4 Å². The Morgan fingerprint density at radius 1 is 0.833 bits per heavy atom. The van der Waals surface area contributed by atoms with Crippen molar-refractivity contribution in [2.45, 2.75) is 6.42 Å². The van der Waals surface area contributed by atoms with E-state index in [-0.39, 0.29) is 0 Å². The van der Waals surface area contributed by atoms with Crippen LogP contribution in [-0.2, 0) is 0 Å². The van der Waals surface area contributed by atoms with Crippen LogP contribution in [0.3, 0.4) is 0 Å². The van der Waals surface area contributed by atoms with Gasteiger partial charge in [0.15, 0.2) is 0 Å². The van der Waals surface area contributed by atoms with Gasteiger partial charge in [-0.15, -0.1) is 11.6 Å². The normalized spacial score (nSPS) is 10.3. The molecule has 94 valence electrons. The third-order valence-corrected chi connectivity index (χ3v) is 2.88. The first kappa shape index (κ1) is 12.9. The van der Waals surface area contributed by atoms with Crippen LogP contribution in [0, 0.1) is 0 Å². The molecule has 0 aliphatic carbocycles. The Labute approximate surface area is 113 Å². The van der Waals surface area contributed by atoms with E-state index in [1.54, 1.807) is 0 Å². The van der Waals surface area contributed by atoms with Gasteiger partial charge in [-0.25, -0.2) is 5.43 Å². The highest BCUT2D eigenvalue weighted by Gasteiger charge is 2.07. The smallest absolute Gasteiger partial charge is 0.0577 e. The molecule has 2 aromatic rings. The van der Waals surface area contributed by atoms with Gasteiger partial charge in [-0.05, 0) is 30.7 Å². The number of nitrogens with one attached hydrogen (secondary N) is 1. The predicted octanol–water partition coefficient (Wildman–Crippen LogP) is 3.96. The predicted molar refractivity (Wildman–Crippen MR) is 78.4 cm³/mol. The Hall–Kier alpha value is -1.51. The zero-order valence-corrected chi connectivity index (χ0v) is 11.0. The lowest BCUT2D eigenvalue weighted by Crippen LogP contribution is -2.34. The molecule has 2 nitrogen and oxygen atoms in total. The molecule has 2 aromatic carbocycles. The van der Waals surface area contributed by atoms with Crippen LogP contribution in [0.2, 0.25) is 0 Å². The van der Waals surface area contributed by atoms with E-state index < -0.39 is 0 Å². The number of para-hydroxylation sites is 2. The molecule has 0 saturated carbocycles. The molecule has 0 radical (unpaired) electrons. The number of hydrazine groups is 1. The average molecular weight is 261 g/mol. The Bertz CT molecular complexity index is 405. The highest BCUT2D eigenvalue weighted by Crippen LogP contribution is 2.22. The van der Waals surface area contributed by atoms with E-state index in [9.17, 15) is 0 Å². The minimum absolute atomic E-state index is 0.671. The van der Waals surface area contributed by atoms with Crippen LogP contribution in [-0.4, -0.2) is 12.4 Å². The summed E-state index contributed by atoms with van der Waals surface area (Å²) in [4.78, 5) is 0. The van der Waals surface area contributed by atoms with E-state index in [1.165, 1.54) is 0 Å². The number of halogens is 1. The van der Waals surface area contributed by atoms with E-state index >= 15 is 0 Å². The van der Waals surface area contributed by atoms with E-state index in [2.05, 4.69) is 34.7 Å². The lowest BCUT2D eigenvalue weighted by atomic mass is 10.2. The molecule has 3 heteroatoms. The van der Waals surface area contributed by atoms with Crippen LogP contribution < -0.4 is 10.4 Å². The van der Waals surface area contributed by atoms with Crippen molar-refractivity contribution >= 4 is 23.0 Å². The molecule has 1 N–H and O–H groups in total. The number of anilines is 2. The fourth-order valence-electron chi connectivity index (χ4n) is 1.74. The second-order valence-corrected chi connectivity index (χ2v) is 4.34. The summed E-state index contributed by atoms with van der Waals surface area (Å²) in [5.74, 6) is 0.671. The highest BCUT2D eigenvalue weighted by molar-refractivity contribution is 6.17. The second-order valence-electron chi connectivity index (χ2n) is 3.96. The number of alkyl halides is 1. The lowest BCUT2D eigenvalue weighted by molar-refractivity contribution is 0.690. The largest absolute Gasteiger partial charge is 0.277 e. The average Bonchev–Trinajstić information content (AvgIpc) is 2.46. The zero-order valence-electron chi connectivity index (χ0n) is 10.2. The molecule has 0 saturated heterocycles. The molecule has 0 spiro atoms. The summed E-state index contributed by atoms with van der Waals surface area (Å²) in [6.07, 6.45) is 0.942. The molecule has 0 unspecified atom stereocenters. The van der Waals surface area contributed by atoms with Crippen LogP contribution in [0.1, 0.15) is 6.42 Å². The maximum absolute atomic E-state index is 5.72. The number of nitrogens with zero attached hydrogens (tertiary/aromatic N) is 1. The molecule has 2 rings (SSSR count). The maximum Gasteiger partial charge on any atom is 0.0577 e. The van der Waals surface area contributed by atoms with E-state index in [0.29, 0.717) is 5.88 Å². The first-order valence-corrected chi connectivity index (χ1v) is 6.65. The summed E-state index contributed by atoms with van der Waals surface area (Å²) in [6, 6.07) is 20.5. The lowest BCUT2D eigenvalue weighted by Gasteiger charge is -2.25. The molecular weight excluding hydrogens is 244 g/mol. The standard InChI is InChI=1S/C15H17ClN2/c16-12-7-13-17-18(14-8-3-1-4-9-14)15-10-5-2-6-11-15/h1-6,8-11,17H,7,12-13H2. The van der Waals surface area contributed by atoms with Gasteiger partial charge in [-0.2, -0.15) is 0 Å². The summed E-state index contributed by atoms with van der Waals surface area (Å²) in [6.45, 7) is 0.854. The van der Waals surface area contributed by atoms with Crippen molar-refractivity contribution in [1.29, 1.82) is 0 Å². The van der Waals surface area contributed by atoms with Crippen LogP contribution in [0.25, 0.3) is 0 Å². The van der Waals surface area contributed by atoms with Crippen molar-refractivity contribution < 1.29 is 0 Å². The van der Waals surface area contributed by atoms with Crippen molar-refractivity contribution in [1.82, 2.24) is 5.43 Å².